The number of fused-ring (bicyclic) bond motifs is 1. The molecular formula is C23H25N5O2S2. The number of hydrogen-bond acceptors (Lipinski definition) is 6. The third kappa shape index (κ3) is 4.19. The summed E-state index contributed by atoms with van der Waals surface area (Å²) >= 11 is 2.87. The van der Waals surface area contributed by atoms with E-state index in [1.807, 2.05) is 25.1 Å². The van der Waals surface area contributed by atoms with E-state index in [-0.39, 0.29) is 5.91 Å². The Morgan fingerprint density at radius 2 is 2.03 bits per heavy atom. The zero-order valence-corrected chi connectivity index (χ0v) is 19.5. The molecule has 1 aromatic carbocycles. The van der Waals surface area contributed by atoms with E-state index in [1.54, 1.807) is 0 Å². The van der Waals surface area contributed by atoms with Crippen LogP contribution >= 0.6 is 23.1 Å². The van der Waals surface area contributed by atoms with Crippen LogP contribution in [0.25, 0.3) is 0 Å². The molecule has 5 rings (SSSR count). The Hall–Kier alpha value is -2.65. The fourth-order valence-corrected chi connectivity index (χ4v) is 6.28. The van der Waals surface area contributed by atoms with E-state index in [0.717, 1.165) is 53.5 Å². The molecule has 2 aromatic heterocycles. The lowest BCUT2D eigenvalue weighted by atomic mass is 10.1. The van der Waals surface area contributed by atoms with Crippen LogP contribution in [0.2, 0.25) is 0 Å². The molecule has 1 saturated carbocycles. The number of rotatable bonds is 8. The van der Waals surface area contributed by atoms with Gasteiger partial charge in [-0.15, -0.1) is 21.5 Å². The molecule has 2 aliphatic carbocycles. The van der Waals surface area contributed by atoms with Crippen molar-refractivity contribution in [2.45, 2.75) is 61.9 Å². The van der Waals surface area contributed by atoms with Gasteiger partial charge in [0.15, 0.2) is 5.16 Å². The van der Waals surface area contributed by atoms with E-state index in [2.05, 4.69) is 32.2 Å². The zero-order valence-electron chi connectivity index (χ0n) is 17.8. The number of aryl methyl sites for hydroxylation is 1. The number of thiophene rings is 1. The quantitative estimate of drug-likeness (QED) is 0.488. The summed E-state index contributed by atoms with van der Waals surface area (Å²) in [6.07, 6.45) is 5.07. The second kappa shape index (κ2) is 8.71. The average Bonchev–Trinajstić information content (AvgIpc) is 3.24. The number of nitrogens with two attached hydrogens (primary N) is 1. The first-order valence-corrected chi connectivity index (χ1v) is 12.6. The molecule has 3 aromatic rings. The van der Waals surface area contributed by atoms with E-state index < -0.39 is 11.2 Å². The second-order valence-corrected chi connectivity index (χ2v) is 10.8. The van der Waals surface area contributed by atoms with Crippen molar-refractivity contribution in [1.82, 2.24) is 14.8 Å². The second-order valence-electron chi connectivity index (χ2n) is 8.36. The number of amides is 2. The highest BCUT2D eigenvalue weighted by Gasteiger charge is 2.32. The molecule has 166 valence electrons. The monoisotopic (exact) mass is 467 g/mol. The van der Waals surface area contributed by atoms with Gasteiger partial charge >= 0.3 is 0 Å². The molecule has 32 heavy (non-hydrogen) atoms. The summed E-state index contributed by atoms with van der Waals surface area (Å²) in [4.78, 5) is 26.2. The zero-order chi connectivity index (χ0) is 22.2. The van der Waals surface area contributed by atoms with Gasteiger partial charge in [-0.25, -0.2) is 0 Å². The van der Waals surface area contributed by atoms with Crippen LogP contribution in [0.3, 0.4) is 0 Å². The van der Waals surface area contributed by atoms with Crippen LogP contribution in [0.15, 0.2) is 35.5 Å². The molecule has 0 radical (unpaired) electrons. The smallest absolute Gasteiger partial charge is 0.251 e. The van der Waals surface area contributed by atoms with E-state index in [1.165, 1.54) is 28.7 Å². The van der Waals surface area contributed by atoms with Gasteiger partial charge in [-0.2, -0.15) is 0 Å². The lowest BCUT2D eigenvalue weighted by Crippen LogP contribution is -2.24. The van der Waals surface area contributed by atoms with Crippen molar-refractivity contribution in [3.63, 3.8) is 0 Å². The summed E-state index contributed by atoms with van der Waals surface area (Å²) in [7, 11) is 0. The van der Waals surface area contributed by atoms with Crippen molar-refractivity contribution in [2.75, 3.05) is 5.32 Å². The summed E-state index contributed by atoms with van der Waals surface area (Å²) in [6, 6.07) is 10.2. The number of hydrogen-bond donors (Lipinski definition) is 2. The van der Waals surface area contributed by atoms with E-state index in [4.69, 9.17) is 5.73 Å². The normalized spacial score (nSPS) is 16.0. The molecule has 0 spiro atoms. The minimum Gasteiger partial charge on any atom is -0.365 e. The van der Waals surface area contributed by atoms with E-state index >= 15 is 0 Å². The van der Waals surface area contributed by atoms with Gasteiger partial charge < -0.3 is 15.6 Å². The van der Waals surface area contributed by atoms with Gasteiger partial charge in [0, 0.05) is 10.8 Å². The Morgan fingerprint density at radius 3 is 2.75 bits per heavy atom. The molecule has 2 amide bonds. The van der Waals surface area contributed by atoms with Gasteiger partial charge in [-0.05, 0) is 50.2 Å². The average molecular weight is 468 g/mol. The van der Waals surface area contributed by atoms with Crippen molar-refractivity contribution in [2.24, 2.45) is 5.73 Å². The standard InChI is InChI=1S/C23H25N5O2S2/c1-13(21(30)25-22-18(19(24)29)16-8-5-9-17(16)32-22)31-23-27-26-20(15-10-11-15)28(23)12-14-6-3-2-4-7-14/h2-4,6-7,13,15H,5,8-12H2,1H3,(H2,24,29)(H,25,30)/t13-/m1/s1. The van der Waals surface area contributed by atoms with Crippen LogP contribution in [0.1, 0.15) is 64.3 Å². The first-order chi connectivity index (χ1) is 15.5. The van der Waals surface area contributed by atoms with Gasteiger partial charge in [-0.1, -0.05) is 42.1 Å². The van der Waals surface area contributed by atoms with Gasteiger partial charge in [-0.3, -0.25) is 9.59 Å². The summed E-state index contributed by atoms with van der Waals surface area (Å²) in [5.41, 5.74) is 8.29. The Labute approximate surface area is 194 Å². The lowest BCUT2D eigenvalue weighted by Gasteiger charge is -2.14. The summed E-state index contributed by atoms with van der Waals surface area (Å²) in [6.45, 7) is 2.53. The highest BCUT2D eigenvalue weighted by atomic mass is 32.2. The van der Waals surface area contributed by atoms with Gasteiger partial charge in [0.2, 0.25) is 5.91 Å². The van der Waals surface area contributed by atoms with Crippen LogP contribution in [0.5, 0.6) is 0 Å². The predicted octanol–water partition coefficient (Wildman–Crippen LogP) is 3.97. The Kier molecular flexibility index (Phi) is 5.77. The van der Waals surface area contributed by atoms with Crippen LogP contribution in [-0.4, -0.2) is 31.8 Å². The highest BCUT2D eigenvalue weighted by Crippen LogP contribution is 2.41. The maximum Gasteiger partial charge on any atom is 0.251 e. The number of thioether (sulfide) groups is 1. The van der Waals surface area contributed by atoms with Crippen molar-refractivity contribution < 1.29 is 9.59 Å². The summed E-state index contributed by atoms with van der Waals surface area (Å²) < 4.78 is 2.13. The number of carbonyl (C=O) groups excluding carboxylic acids is 2. The van der Waals surface area contributed by atoms with Gasteiger partial charge in [0.05, 0.1) is 17.4 Å². The molecule has 9 heteroatoms. The molecule has 7 nitrogen and oxygen atoms in total. The number of primary amides is 1. The number of nitrogens with zero attached hydrogens (tertiary/aromatic N) is 3. The van der Waals surface area contributed by atoms with Crippen molar-refractivity contribution in [3.05, 3.63) is 57.7 Å². The number of nitrogens with one attached hydrogen (secondary N) is 1. The van der Waals surface area contributed by atoms with Crippen molar-refractivity contribution in [3.8, 4) is 0 Å². The Balaban J connectivity index is 1.34. The topological polar surface area (TPSA) is 103 Å². The number of anilines is 1. The number of carbonyl (C=O) groups is 2. The third-order valence-corrected chi connectivity index (χ3v) is 8.22. The highest BCUT2D eigenvalue weighted by molar-refractivity contribution is 8.00. The first-order valence-electron chi connectivity index (χ1n) is 10.9. The lowest BCUT2D eigenvalue weighted by molar-refractivity contribution is -0.115. The molecule has 3 N–H and O–H groups in total. The van der Waals surface area contributed by atoms with Crippen molar-refractivity contribution >= 4 is 39.9 Å². The molecular weight excluding hydrogens is 442 g/mol. The Bertz CT molecular complexity index is 1170. The fourth-order valence-electron chi connectivity index (χ4n) is 4.12. The van der Waals surface area contributed by atoms with Gasteiger partial charge in [0.25, 0.3) is 5.91 Å². The largest absolute Gasteiger partial charge is 0.365 e. The molecule has 2 heterocycles. The maximum atomic E-state index is 13.0. The maximum absolute atomic E-state index is 13.0. The van der Waals surface area contributed by atoms with Crippen LogP contribution in [0, 0.1) is 0 Å². The molecule has 0 aliphatic heterocycles. The number of aromatic nitrogens is 3. The Morgan fingerprint density at radius 1 is 1.25 bits per heavy atom. The molecule has 0 bridgehead atoms. The number of benzene rings is 1. The molecule has 1 fully saturated rings. The third-order valence-electron chi connectivity index (χ3n) is 5.93. The van der Waals surface area contributed by atoms with Crippen LogP contribution in [0.4, 0.5) is 5.00 Å². The minimum absolute atomic E-state index is 0.167. The fraction of sp³-hybridized carbons (Fsp3) is 0.391. The van der Waals surface area contributed by atoms with Crippen molar-refractivity contribution in [1.29, 1.82) is 0 Å². The predicted molar refractivity (Wildman–Crippen MR) is 126 cm³/mol. The van der Waals surface area contributed by atoms with E-state index in [0.29, 0.717) is 23.0 Å². The summed E-state index contributed by atoms with van der Waals surface area (Å²) in [5, 5.41) is 12.7. The van der Waals surface area contributed by atoms with Crippen LogP contribution in [-0.2, 0) is 24.2 Å². The van der Waals surface area contributed by atoms with E-state index in [9.17, 15) is 9.59 Å². The summed E-state index contributed by atoms with van der Waals surface area (Å²) in [5.74, 6) is 0.808. The SMILES string of the molecule is C[C@@H](Sc1nnc(C2CC2)n1Cc1ccccc1)C(=O)Nc1sc2c(c1C(N)=O)CCC2. The molecule has 0 unspecified atom stereocenters. The molecule has 2 aliphatic rings. The molecule has 1 atom stereocenters. The van der Waals surface area contributed by atoms with Crippen LogP contribution < -0.4 is 11.1 Å². The first kappa shape index (κ1) is 21.2. The minimum atomic E-state index is -0.475. The van der Waals surface area contributed by atoms with Gasteiger partial charge in [0.1, 0.15) is 10.8 Å². The molecule has 0 saturated heterocycles.